The van der Waals surface area contributed by atoms with Gasteiger partial charge in [0.25, 0.3) is 5.91 Å². The topological polar surface area (TPSA) is 67.2 Å². The fraction of sp³-hybridized carbons (Fsp3) is 0.421. The Morgan fingerprint density at radius 2 is 2.04 bits per heavy atom. The second-order valence-corrected chi connectivity index (χ2v) is 7.11. The Labute approximate surface area is 161 Å². The van der Waals surface area contributed by atoms with E-state index in [2.05, 4.69) is 32.7 Å². The lowest BCUT2D eigenvalue weighted by molar-refractivity contribution is -0.120. The van der Waals surface area contributed by atoms with Crippen LogP contribution in [0.15, 0.2) is 28.7 Å². The van der Waals surface area contributed by atoms with Gasteiger partial charge in [0.15, 0.2) is 0 Å². The van der Waals surface area contributed by atoms with Crippen molar-refractivity contribution in [1.82, 2.24) is 19.8 Å². The van der Waals surface area contributed by atoms with E-state index in [-0.39, 0.29) is 11.8 Å². The Hall–Kier alpha value is -2.15. The maximum absolute atomic E-state index is 12.9. The van der Waals surface area contributed by atoms with E-state index in [4.69, 9.17) is 4.98 Å². The Morgan fingerprint density at radius 1 is 1.27 bits per heavy atom. The predicted molar refractivity (Wildman–Crippen MR) is 103 cm³/mol. The molecule has 26 heavy (non-hydrogen) atoms. The normalized spacial score (nSPS) is 13.4. The molecule has 1 aliphatic heterocycles. The number of hydrogen-bond donors (Lipinski definition) is 1. The van der Waals surface area contributed by atoms with Crippen molar-refractivity contribution in [2.45, 2.75) is 46.3 Å². The van der Waals surface area contributed by atoms with Gasteiger partial charge >= 0.3 is 0 Å². The largest absolute Gasteiger partial charge is 0.349 e. The van der Waals surface area contributed by atoms with Crippen LogP contribution in [0, 0.1) is 0 Å². The van der Waals surface area contributed by atoms with E-state index in [0.29, 0.717) is 31.6 Å². The van der Waals surface area contributed by atoms with Crippen LogP contribution in [-0.2, 0) is 30.8 Å². The van der Waals surface area contributed by atoms with E-state index in [1.807, 2.05) is 36.1 Å². The van der Waals surface area contributed by atoms with Crippen LogP contribution >= 0.6 is 15.9 Å². The van der Waals surface area contributed by atoms with Gasteiger partial charge in [-0.2, -0.15) is 0 Å². The zero-order valence-electron chi connectivity index (χ0n) is 15.1. The maximum atomic E-state index is 12.9. The summed E-state index contributed by atoms with van der Waals surface area (Å²) in [5, 5.41) is 2.89. The minimum Gasteiger partial charge on any atom is -0.349 e. The molecule has 3 rings (SSSR count). The van der Waals surface area contributed by atoms with Crippen molar-refractivity contribution in [1.29, 1.82) is 0 Å². The average molecular weight is 419 g/mol. The first-order valence-electron chi connectivity index (χ1n) is 8.92. The van der Waals surface area contributed by atoms with Crippen LogP contribution in [-0.4, -0.2) is 32.8 Å². The Kier molecular flexibility index (Phi) is 5.76. The molecule has 6 nitrogen and oxygen atoms in total. The average Bonchev–Trinajstić information content (AvgIpc) is 3.02. The predicted octanol–water partition coefficient (Wildman–Crippen LogP) is 2.89. The molecule has 0 fully saturated rings. The van der Waals surface area contributed by atoms with Gasteiger partial charge in [0.2, 0.25) is 5.91 Å². The Balaban J connectivity index is 1.81. The molecule has 138 valence electrons. The van der Waals surface area contributed by atoms with Gasteiger partial charge in [-0.1, -0.05) is 19.1 Å². The van der Waals surface area contributed by atoms with Gasteiger partial charge in [0.1, 0.15) is 5.82 Å². The molecule has 2 aromatic rings. The van der Waals surface area contributed by atoms with Crippen molar-refractivity contribution in [3.63, 3.8) is 0 Å². The number of fused-ring (bicyclic) bond motifs is 1. The molecule has 0 atom stereocenters. The molecule has 2 amide bonds. The molecule has 1 aliphatic rings. The number of nitrogens with zero attached hydrogens (tertiary/aromatic N) is 3. The highest BCUT2D eigenvalue weighted by molar-refractivity contribution is 9.10. The van der Waals surface area contributed by atoms with Gasteiger partial charge in [-0.25, -0.2) is 4.98 Å². The standard InChI is InChI=1S/C19H23BrN4O2/c1-3-18(25)21-11-17-22-15-9-10-23(12-16(15)24(17)4-2)19(26)13-7-5-6-8-14(13)20/h5-8H,3-4,9-12H2,1-2H3,(H,21,25). The summed E-state index contributed by atoms with van der Waals surface area (Å²) in [6.07, 6.45) is 1.19. The van der Waals surface area contributed by atoms with Crippen molar-refractivity contribution in [3.8, 4) is 0 Å². The summed E-state index contributed by atoms with van der Waals surface area (Å²) in [6.45, 7) is 6.26. The molecule has 1 aromatic carbocycles. The third kappa shape index (κ3) is 3.67. The van der Waals surface area contributed by atoms with Gasteiger partial charge < -0.3 is 14.8 Å². The maximum Gasteiger partial charge on any atom is 0.255 e. The van der Waals surface area contributed by atoms with Crippen molar-refractivity contribution in [3.05, 3.63) is 51.5 Å². The Morgan fingerprint density at radius 3 is 2.73 bits per heavy atom. The number of nitrogens with one attached hydrogen (secondary N) is 1. The van der Waals surface area contributed by atoms with E-state index in [1.165, 1.54) is 0 Å². The molecule has 1 N–H and O–H groups in total. The molecule has 1 aromatic heterocycles. The van der Waals surface area contributed by atoms with E-state index in [1.54, 1.807) is 0 Å². The van der Waals surface area contributed by atoms with E-state index >= 15 is 0 Å². The molecule has 0 saturated carbocycles. The highest BCUT2D eigenvalue weighted by Gasteiger charge is 2.27. The van der Waals surface area contributed by atoms with Crippen LogP contribution in [0.25, 0.3) is 0 Å². The highest BCUT2D eigenvalue weighted by Crippen LogP contribution is 2.24. The van der Waals surface area contributed by atoms with Crippen LogP contribution in [0.4, 0.5) is 0 Å². The third-order valence-electron chi connectivity index (χ3n) is 4.67. The second kappa shape index (κ2) is 8.03. The molecule has 0 saturated heterocycles. The molecule has 2 heterocycles. The second-order valence-electron chi connectivity index (χ2n) is 6.25. The number of halogens is 1. The summed E-state index contributed by atoms with van der Waals surface area (Å²) in [5.41, 5.74) is 2.78. The Bertz CT molecular complexity index is 831. The van der Waals surface area contributed by atoms with Crippen molar-refractivity contribution in [2.24, 2.45) is 0 Å². The van der Waals surface area contributed by atoms with E-state index in [0.717, 1.165) is 34.7 Å². The molecule has 7 heteroatoms. The lowest BCUT2D eigenvalue weighted by Gasteiger charge is -2.28. The van der Waals surface area contributed by atoms with Gasteiger partial charge in [-0.15, -0.1) is 0 Å². The number of carbonyl (C=O) groups excluding carboxylic acids is 2. The number of aromatic nitrogens is 2. The van der Waals surface area contributed by atoms with Crippen molar-refractivity contribution >= 4 is 27.7 Å². The SMILES string of the molecule is CCC(=O)NCc1nc2c(n1CC)CN(C(=O)c1ccccc1Br)CC2. The van der Waals surface area contributed by atoms with E-state index < -0.39 is 0 Å². The molecule has 0 spiro atoms. The van der Waals surface area contributed by atoms with Crippen LogP contribution in [0.3, 0.4) is 0 Å². The molecule has 0 unspecified atom stereocenters. The van der Waals surface area contributed by atoms with Gasteiger partial charge in [0.05, 0.1) is 30.0 Å². The molecule has 0 bridgehead atoms. The molecule has 0 radical (unpaired) electrons. The molecule has 0 aliphatic carbocycles. The lowest BCUT2D eigenvalue weighted by atomic mass is 10.1. The number of benzene rings is 1. The third-order valence-corrected chi connectivity index (χ3v) is 5.36. The van der Waals surface area contributed by atoms with Crippen molar-refractivity contribution in [2.75, 3.05) is 6.54 Å². The first kappa shape index (κ1) is 18.6. The summed E-state index contributed by atoms with van der Waals surface area (Å²) >= 11 is 3.46. The van der Waals surface area contributed by atoms with Gasteiger partial charge in [-0.05, 0) is 35.0 Å². The molecular weight excluding hydrogens is 396 g/mol. The number of hydrogen-bond acceptors (Lipinski definition) is 3. The minimum absolute atomic E-state index is 0.0133. The quantitative estimate of drug-likeness (QED) is 0.811. The fourth-order valence-electron chi connectivity index (χ4n) is 3.26. The van der Waals surface area contributed by atoms with Gasteiger partial charge in [-0.3, -0.25) is 9.59 Å². The highest BCUT2D eigenvalue weighted by atomic mass is 79.9. The monoisotopic (exact) mass is 418 g/mol. The molecular formula is C19H23BrN4O2. The number of imidazole rings is 1. The zero-order chi connectivity index (χ0) is 18.7. The van der Waals surface area contributed by atoms with Gasteiger partial charge in [0, 0.05) is 30.4 Å². The minimum atomic E-state index is 0.0133. The fourth-order valence-corrected chi connectivity index (χ4v) is 3.71. The number of rotatable bonds is 5. The zero-order valence-corrected chi connectivity index (χ0v) is 16.7. The smallest absolute Gasteiger partial charge is 0.255 e. The van der Waals surface area contributed by atoms with Crippen LogP contribution < -0.4 is 5.32 Å². The van der Waals surface area contributed by atoms with Crippen LogP contribution in [0.2, 0.25) is 0 Å². The first-order valence-corrected chi connectivity index (χ1v) is 9.72. The summed E-state index contributed by atoms with van der Waals surface area (Å²) in [7, 11) is 0. The van der Waals surface area contributed by atoms with Crippen LogP contribution in [0.1, 0.15) is 47.8 Å². The van der Waals surface area contributed by atoms with E-state index in [9.17, 15) is 9.59 Å². The van der Waals surface area contributed by atoms with Crippen molar-refractivity contribution < 1.29 is 9.59 Å². The summed E-state index contributed by atoms with van der Waals surface area (Å²) in [5.74, 6) is 0.890. The number of carbonyl (C=O) groups is 2. The summed E-state index contributed by atoms with van der Waals surface area (Å²) in [6, 6.07) is 7.49. The number of amides is 2. The summed E-state index contributed by atoms with van der Waals surface area (Å²) in [4.78, 5) is 31.0. The lowest BCUT2D eigenvalue weighted by Crippen LogP contribution is -2.37. The van der Waals surface area contributed by atoms with Crippen LogP contribution in [0.5, 0.6) is 0 Å². The first-order chi connectivity index (χ1) is 12.5. The summed E-state index contributed by atoms with van der Waals surface area (Å²) < 4.78 is 2.92.